The third kappa shape index (κ3) is 5.01. The van der Waals surface area contributed by atoms with Crippen molar-refractivity contribution in [2.24, 2.45) is 0 Å². The van der Waals surface area contributed by atoms with Gasteiger partial charge in [-0.05, 0) is 83.7 Å². The van der Waals surface area contributed by atoms with Crippen molar-refractivity contribution in [1.29, 1.82) is 0 Å². The first kappa shape index (κ1) is 16.5. The number of aromatic nitrogens is 4. The molecule has 12 rings (SSSR count). The Balaban J connectivity index is 1.18. The first-order valence-electron chi connectivity index (χ1n) is 28.6. The van der Waals surface area contributed by atoms with Gasteiger partial charge in [0.15, 0.2) is 17.5 Å². The molecule has 0 saturated carbocycles. The van der Waals surface area contributed by atoms with Gasteiger partial charge in [0.05, 0.1) is 47.9 Å². The Bertz CT molecular complexity index is 4840. The molecular weight excluding hydrogens is 701 g/mol. The maximum Gasteiger partial charge on any atom is 0.164 e. The van der Waals surface area contributed by atoms with E-state index in [-0.39, 0.29) is 32.9 Å². The Morgan fingerprint density at radius 1 is 0.421 bits per heavy atom. The first-order valence-corrected chi connectivity index (χ1v) is 17.1. The van der Waals surface area contributed by atoms with Gasteiger partial charge in [0, 0.05) is 49.3 Å². The molecule has 0 aliphatic carbocycles. The average Bonchev–Trinajstić information content (AvgIpc) is 2.07. The van der Waals surface area contributed by atoms with E-state index in [4.69, 9.17) is 29.4 Å². The molecule has 6 nitrogen and oxygen atoms in total. The van der Waals surface area contributed by atoms with Crippen LogP contribution in [0.4, 0.5) is 0 Å². The topological polar surface area (TPSA) is 69.9 Å². The van der Waals surface area contributed by atoms with Crippen molar-refractivity contribution in [3.8, 4) is 51.0 Å². The van der Waals surface area contributed by atoms with Crippen molar-refractivity contribution in [1.82, 2.24) is 19.5 Å². The van der Waals surface area contributed by atoms with Crippen molar-refractivity contribution in [2.75, 3.05) is 0 Å². The quantitative estimate of drug-likeness (QED) is 0.175. The third-order valence-electron chi connectivity index (χ3n) is 9.40. The van der Waals surface area contributed by atoms with Gasteiger partial charge in [-0.1, -0.05) is 109 Å². The fourth-order valence-corrected chi connectivity index (χ4v) is 6.88. The Hall–Kier alpha value is -7.83. The number of hydrogen-bond acceptors (Lipinski definition) is 5. The summed E-state index contributed by atoms with van der Waals surface area (Å²) in [5.74, 6) is -1.58. The van der Waals surface area contributed by atoms with E-state index in [1.54, 1.807) is 24.3 Å². The van der Waals surface area contributed by atoms with Gasteiger partial charge in [0.1, 0.15) is 22.3 Å². The van der Waals surface area contributed by atoms with Gasteiger partial charge in [0.2, 0.25) is 0 Å². The second kappa shape index (κ2) is 12.3. The minimum Gasteiger partial charge on any atom is -0.456 e. The summed E-state index contributed by atoms with van der Waals surface area (Å²) in [5.41, 5.74) is -4.13. The second-order valence-corrected chi connectivity index (χ2v) is 12.6. The van der Waals surface area contributed by atoms with Crippen LogP contribution in [0, 0.1) is 0 Å². The number of para-hydroxylation sites is 3. The fraction of sp³-hybridized carbons (Fsp3) is 0. The van der Waals surface area contributed by atoms with E-state index in [0.717, 1.165) is 9.95 Å². The molecule has 4 heterocycles. The molecule has 0 fully saturated rings. The lowest BCUT2D eigenvalue weighted by Gasteiger charge is -2.11. The lowest BCUT2D eigenvalue weighted by atomic mass is 10.0. The monoisotopic (exact) mass is 753 g/mol. The summed E-state index contributed by atoms with van der Waals surface area (Å²) in [7, 11) is 0. The molecule has 0 aliphatic heterocycles. The molecule has 0 saturated heterocycles. The predicted molar refractivity (Wildman–Crippen MR) is 230 cm³/mol. The third-order valence-corrected chi connectivity index (χ3v) is 9.40. The molecule has 6 heteroatoms. The summed E-state index contributed by atoms with van der Waals surface area (Å²) in [6.07, 6.45) is 0. The molecule has 0 amide bonds. The summed E-state index contributed by atoms with van der Waals surface area (Å²) in [6, 6.07) is -6.53. The zero-order chi connectivity index (χ0) is 57.5. The van der Waals surface area contributed by atoms with Crippen LogP contribution in [-0.2, 0) is 0 Å². The largest absolute Gasteiger partial charge is 0.456 e. The highest BCUT2D eigenvalue weighted by Crippen LogP contribution is 2.41. The Labute approximate surface area is 358 Å². The van der Waals surface area contributed by atoms with Gasteiger partial charge in [-0.2, -0.15) is 0 Å². The van der Waals surface area contributed by atoms with Crippen LogP contribution in [0.15, 0.2) is 190 Å². The Morgan fingerprint density at radius 3 is 2.00 bits per heavy atom. The molecule has 0 spiro atoms. The van der Waals surface area contributed by atoms with E-state index in [0.29, 0.717) is 16.6 Å². The highest BCUT2D eigenvalue weighted by Gasteiger charge is 2.20. The molecule has 57 heavy (non-hydrogen) atoms. The molecule has 8 aromatic carbocycles. The van der Waals surface area contributed by atoms with E-state index < -0.39 is 201 Å². The molecule has 0 unspecified atom stereocenters. The molecule has 0 N–H and O–H groups in total. The van der Waals surface area contributed by atoms with E-state index >= 15 is 0 Å². The summed E-state index contributed by atoms with van der Waals surface area (Å²) >= 11 is 0. The summed E-state index contributed by atoms with van der Waals surface area (Å²) in [4.78, 5) is 13.7. The number of fused-ring (bicyclic) bond motifs is 10. The lowest BCUT2D eigenvalue weighted by molar-refractivity contribution is 0.669. The van der Waals surface area contributed by atoms with Crippen LogP contribution in [0.5, 0.6) is 0 Å². The highest BCUT2D eigenvalue weighted by atomic mass is 16.3. The summed E-state index contributed by atoms with van der Waals surface area (Å²) in [6.45, 7) is 0. The maximum absolute atomic E-state index is 9.66. The minimum atomic E-state index is -0.938. The van der Waals surface area contributed by atoms with Gasteiger partial charge in [-0.15, -0.1) is 0 Å². The van der Waals surface area contributed by atoms with Crippen LogP contribution < -0.4 is 0 Å². The van der Waals surface area contributed by atoms with Crippen molar-refractivity contribution in [2.45, 2.75) is 0 Å². The maximum atomic E-state index is 9.66. The number of nitrogens with zero attached hydrogens (tertiary/aromatic N) is 4. The predicted octanol–water partition coefficient (Wildman–Crippen LogP) is 13.4. The zero-order valence-corrected chi connectivity index (χ0v) is 28.6. The SMILES string of the molecule is [2H]c1c([2H])c([2H])c(-c2c([2H])c([2H])c([2H])c(-c3nc(-c4ccc5c(c4)oc4ccccc45)nc(-c4c([2H])c([2H])c(-n5c6c([2H])c([2H])c([2H])c([2H])c6c6c7oc8c([2H])c([2H])c([2H])c([2H])c8c7c([2H])c([2H])c65)c([2H])c4[2H])n3)c2[2H])c([2H])c1[2H]. The number of benzene rings is 8. The summed E-state index contributed by atoms with van der Waals surface area (Å²) in [5, 5.41) is 0.0930. The molecular formula is C51H30N4O2. The van der Waals surface area contributed by atoms with Crippen LogP contribution in [0.1, 0.15) is 31.5 Å². The average molecular weight is 754 g/mol. The molecule has 4 aromatic heterocycles. The smallest absolute Gasteiger partial charge is 0.164 e. The Kier molecular flexibility index (Phi) is 3.57. The highest BCUT2D eigenvalue weighted by molar-refractivity contribution is 6.23. The van der Waals surface area contributed by atoms with Crippen molar-refractivity contribution in [3.63, 3.8) is 0 Å². The number of furan rings is 2. The summed E-state index contributed by atoms with van der Waals surface area (Å²) < 4.78 is 219. The standard InChI is InChI=1S/C51H30N4O2/c1-2-11-31(12-3-1)33-13-10-14-34(29-33)50-52-49(53-51(54-50)35-23-26-39-37-15-5-8-19-44(37)56-46(39)30-35)32-21-24-36(25-22-32)55-42-18-7-4-17-41(42)47-43(55)28-27-40-38-16-6-9-20-45(38)57-48(40)47/h1-30H/i1D,2D,3D,4D,6D,7D,9D,10D,11D,12D,13D,14D,16D,17D,18D,20D,21D,22D,24D,25D,27D,28D,29D. The van der Waals surface area contributed by atoms with E-state index in [9.17, 15) is 11.0 Å². The fourth-order valence-electron chi connectivity index (χ4n) is 6.88. The van der Waals surface area contributed by atoms with Crippen LogP contribution in [-0.4, -0.2) is 19.5 Å². The van der Waals surface area contributed by atoms with Gasteiger partial charge >= 0.3 is 0 Å². The van der Waals surface area contributed by atoms with Gasteiger partial charge in [-0.3, -0.25) is 0 Å². The minimum absolute atomic E-state index is 0.166. The Morgan fingerprint density at radius 2 is 1.12 bits per heavy atom. The lowest BCUT2D eigenvalue weighted by Crippen LogP contribution is -2.01. The van der Waals surface area contributed by atoms with E-state index in [1.165, 1.54) is 6.07 Å². The van der Waals surface area contributed by atoms with E-state index in [2.05, 4.69) is 15.0 Å². The number of rotatable bonds is 5. The first-order chi connectivity index (χ1) is 37.8. The zero-order valence-electron chi connectivity index (χ0n) is 51.6. The molecule has 12 aromatic rings. The van der Waals surface area contributed by atoms with Crippen molar-refractivity contribution < 1.29 is 40.4 Å². The van der Waals surface area contributed by atoms with Gasteiger partial charge in [-0.25, -0.2) is 15.0 Å². The van der Waals surface area contributed by atoms with Crippen LogP contribution in [0.25, 0.3) is 117 Å². The van der Waals surface area contributed by atoms with Gasteiger partial charge < -0.3 is 13.4 Å². The normalized spacial score (nSPS) is 17.5. The van der Waals surface area contributed by atoms with Crippen LogP contribution in [0.3, 0.4) is 0 Å². The molecule has 0 aliphatic rings. The molecule has 266 valence electrons. The van der Waals surface area contributed by atoms with Crippen LogP contribution >= 0.6 is 0 Å². The van der Waals surface area contributed by atoms with Gasteiger partial charge in [0.25, 0.3) is 0 Å². The van der Waals surface area contributed by atoms with Crippen molar-refractivity contribution in [3.05, 3.63) is 181 Å². The van der Waals surface area contributed by atoms with E-state index in [1.807, 2.05) is 12.1 Å². The van der Waals surface area contributed by atoms with Crippen LogP contribution in [0.2, 0.25) is 0 Å². The number of hydrogen-bond donors (Lipinski definition) is 0. The van der Waals surface area contributed by atoms with Crippen molar-refractivity contribution >= 4 is 65.7 Å². The second-order valence-electron chi connectivity index (χ2n) is 12.6. The molecule has 0 bridgehead atoms. The molecule has 0 atom stereocenters. The molecule has 0 radical (unpaired) electrons.